The monoisotopic (exact) mass is 853 g/mol. The molecule has 2 amide bonds. The quantitative estimate of drug-likeness (QED) is 0.102. The van der Waals surface area contributed by atoms with Gasteiger partial charge in [-0.25, -0.2) is 0 Å². The lowest BCUT2D eigenvalue weighted by Gasteiger charge is -2.28. The second kappa shape index (κ2) is 18.8. The van der Waals surface area contributed by atoms with Crippen molar-refractivity contribution >= 4 is 57.2 Å². The van der Waals surface area contributed by atoms with Crippen LogP contribution in [-0.2, 0) is 13.2 Å². The van der Waals surface area contributed by atoms with Gasteiger partial charge in [-0.2, -0.15) is 0 Å². The van der Waals surface area contributed by atoms with Gasteiger partial charge in [-0.15, -0.1) is 0 Å². The highest BCUT2D eigenvalue weighted by Crippen LogP contribution is 2.41. The molecule has 60 heavy (non-hydrogen) atoms. The first-order valence-electron chi connectivity index (χ1n) is 20.3. The molecule has 0 spiro atoms. The van der Waals surface area contributed by atoms with Crippen LogP contribution in [0.15, 0.2) is 75.7 Å². The van der Waals surface area contributed by atoms with Crippen molar-refractivity contribution in [1.29, 1.82) is 0 Å². The number of rotatable bonds is 16. The Morgan fingerprint density at radius 2 is 1.25 bits per heavy atom. The van der Waals surface area contributed by atoms with Gasteiger partial charge in [0.25, 0.3) is 11.8 Å². The highest BCUT2D eigenvalue weighted by Gasteiger charge is 2.36. The molecule has 3 aromatic carbocycles. The molecule has 12 nitrogen and oxygen atoms in total. The van der Waals surface area contributed by atoms with Crippen molar-refractivity contribution in [3.63, 3.8) is 0 Å². The largest absolute Gasteiger partial charge is 0.493 e. The fraction of sp³-hybridized carbons (Fsp3) is 0.435. The first-order valence-corrected chi connectivity index (χ1v) is 22.8. The maximum atomic E-state index is 13.7. The molecule has 318 valence electrons. The molecule has 0 radical (unpaired) electrons. The minimum Gasteiger partial charge on any atom is -0.493 e. The highest BCUT2D eigenvalue weighted by atomic mass is 33.1. The molecule has 3 aromatic rings. The lowest BCUT2D eigenvalue weighted by atomic mass is 10.1. The van der Waals surface area contributed by atoms with E-state index in [1.807, 2.05) is 65.1 Å². The summed E-state index contributed by atoms with van der Waals surface area (Å²) in [5.41, 5.74) is 6.19. The Bertz CT molecular complexity index is 2100. The summed E-state index contributed by atoms with van der Waals surface area (Å²) in [7, 11) is 8.89. The number of fused-ring (bicyclic) bond motifs is 4. The van der Waals surface area contributed by atoms with Crippen molar-refractivity contribution in [2.75, 3.05) is 60.3 Å². The van der Waals surface area contributed by atoms with Gasteiger partial charge in [0.1, 0.15) is 25.6 Å². The zero-order valence-electron chi connectivity index (χ0n) is 35.8. The zero-order valence-corrected chi connectivity index (χ0v) is 37.4. The molecule has 0 N–H and O–H groups in total. The molecular weight excluding hydrogens is 799 g/mol. The van der Waals surface area contributed by atoms with Gasteiger partial charge in [0.2, 0.25) is 0 Å². The number of benzene rings is 3. The van der Waals surface area contributed by atoms with Gasteiger partial charge in [0.15, 0.2) is 23.0 Å². The number of ether oxygens (including phenoxy) is 5. The molecular formula is C46H55N5O7S2. The van der Waals surface area contributed by atoms with Crippen LogP contribution in [0, 0.1) is 0 Å². The number of likely N-dealkylation sites (N-methyl/N-ethyl adjacent to an activating group) is 1. The second-order valence-electron chi connectivity index (χ2n) is 16.1. The van der Waals surface area contributed by atoms with E-state index in [9.17, 15) is 9.59 Å². The van der Waals surface area contributed by atoms with E-state index >= 15 is 0 Å². The SMILES string of the molecule is C/C=C1\CC2C=Nc3cc(OCc4cc(COc5cc6c(cc5OC)C(=O)N5C/C(=C/C)C[C@H]5C=N6)cc(OCCN(C)CC(C)(C)SSC)c4)c(OC)cc3C(=O)N2C1. The second-order valence-corrected chi connectivity index (χ2v) is 19.2. The predicted octanol–water partition coefficient (Wildman–Crippen LogP) is 8.72. The van der Waals surface area contributed by atoms with Gasteiger partial charge in [0, 0.05) is 55.5 Å². The van der Waals surface area contributed by atoms with Crippen molar-refractivity contribution < 1.29 is 33.3 Å². The Hall–Kier alpha value is -4.92. The van der Waals surface area contributed by atoms with Gasteiger partial charge in [-0.05, 0) is 95.3 Å². The van der Waals surface area contributed by atoms with E-state index < -0.39 is 0 Å². The van der Waals surface area contributed by atoms with Gasteiger partial charge in [-0.3, -0.25) is 19.6 Å². The lowest BCUT2D eigenvalue weighted by molar-refractivity contribution is 0.0769. The first-order chi connectivity index (χ1) is 28.9. The minimum absolute atomic E-state index is 0.0752. The molecule has 7 rings (SSSR count). The van der Waals surface area contributed by atoms with E-state index in [4.69, 9.17) is 33.7 Å². The van der Waals surface area contributed by atoms with E-state index in [2.05, 4.69) is 44.2 Å². The smallest absolute Gasteiger partial charge is 0.257 e. The molecule has 2 saturated heterocycles. The average molecular weight is 854 g/mol. The summed E-state index contributed by atoms with van der Waals surface area (Å²) in [5, 5.41) is 0. The third-order valence-electron chi connectivity index (χ3n) is 11.1. The average Bonchev–Trinajstić information content (AvgIpc) is 3.80. The van der Waals surface area contributed by atoms with Crippen LogP contribution in [-0.4, -0.2) is 116 Å². The van der Waals surface area contributed by atoms with E-state index in [0.29, 0.717) is 70.9 Å². The molecule has 0 aliphatic carbocycles. The normalized spacial score (nSPS) is 19.6. The number of amides is 2. The fourth-order valence-electron chi connectivity index (χ4n) is 8.13. The van der Waals surface area contributed by atoms with Crippen LogP contribution in [0.25, 0.3) is 0 Å². The van der Waals surface area contributed by atoms with Gasteiger partial charge < -0.3 is 38.4 Å². The fourth-order valence-corrected chi connectivity index (χ4v) is 10.4. The summed E-state index contributed by atoms with van der Waals surface area (Å²) in [6, 6.07) is 12.8. The van der Waals surface area contributed by atoms with Gasteiger partial charge >= 0.3 is 0 Å². The molecule has 4 heterocycles. The number of hydrogen-bond acceptors (Lipinski definition) is 12. The van der Waals surface area contributed by atoms with Crippen molar-refractivity contribution in [2.24, 2.45) is 9.98 Å². The van der Waals surface area contributed by atoms with Gasteiger partial charge in [0.05, 0.1) is 48.8 Å². The Balaban J connectivity index is 1.12. The standard InChI is InChI=1S/C46H55N5O7S2/c1-9-29-14-33-22-47-38-20-42(40(54-6)18-36(38)44(52)50(33)24-29)57-26-31-13-32(17-35(16-31)56-12-11-49(5)28-46(3,4)60-59-8)27-58-43-21-39-37(19-41(43)55-7)45(53)51-25-30(10-2)15-34(51)23-48-39/h9-10,13,16-23,33-34H,11-12,14-15,24-28H2,1-8H3/b29-9+,30-10+/t33-,34?/m0/s1. The number of carbonyl (C=O) groups excluding carboxylic acids is 2. The topological polar surface area (TPSA) is 115 Å². The number of methoxy groups -OCH3 is 2. The Labute approximate surface area is 361 Å². The molecule has 4 aliphatic heterocycles. The first kappa shape index (κ1) is 43.2. The molecule has 2 atom stereocenters. The zero-order chi connectivity index (χ0) is 42.6. The summed E-state index contributed by atoms with van der Waals surface area (Å²) in [5.74, 6) is 2.37. The molecule has 2 fully saturated rings. The van der Waals surface area contributed by atoms with Crippen LogP contribution in [0.4, 0.5) is 11.4 Å². The molecule has 0 saturated carbocycles. The summed E-state index contributed by atoms with van der Waals surface area (Å²) in [6.45, 7) is 12.2. The van der Waals surface area contributed by atoms with E-state index in [-0.39, 0.29) is 41.9 Å². The van der Waals surface area contributed by atoms with Crippen LogP contribution in [0.5, 0.6) is 28.7 Å². The van der Waals surface area contributed by atoms with Crippen LogP contribution in [0.3, 0.4) is 0 Å². The third kappa shape index (κ3) is 9.66. The Morgan fingerprint density at radius 3 is 1.70 bits per heavy atom. The molecule has 0 aromatic heterocycles. The predicted molar refractivity (Wildman–Crippen MR) is 242 cm³/mol. The highest BCUT2D eigenvalue weighted by molar-refractivity contribution is 8.77. The summed E-state index contributed by atoms with van der Waals surface area (Å²) >= 11 is 0. The van der Waals surface area contributed by atoms with Crippen molar-refractivity contribution in [3.8, 4) is 28.7 Å². The van der Waals surface area contributed by atoms with Crippen molar-refractivity contribution in [3.05, 3.63) is 88.0 Å². The molecule has 4 aliphatic rings. The Kier molecular flexibility index (Phi) is 13.5. The number of hydrogen-bond donors (Lipinski definition) is 0. The number of nitrogens with zero attached hydrogens (tertiary/aromatic N) is 5. The third-order valence-corrected chi connectivity index (χ3v) is 13.7. The number of allylic oxidation sites excluding steroid dienone is 2. The summed E-state index contributed by atoms with van der Waals surface area (Å²) < 4.78 is 30.8. The maximum Gasteiger partial charge on any atom is 0.257 e. The molecule has 1 unspecified atom stereocenters. The van der Waals surface area contributed by atoms with Crippen LogP contribution in [0.2, 0.25) is 0 Å². The molecule has 14 heteroatoms. The van der Waals surface area contributed by atoms with Crippen LogP contribution in [0.1, 0.15) is 72.4 Å². The van der Waals surface area contributed by atoms with Crippen LogP contribution >= 0.6 is 21.6 Å². The number of carbonyl (C=O) groups is 2. The lowest BCUT2D eigenvalue weighted by Crippen LogP contribution is -2.35. The van der Waals surface area contributed by atoms with Crippen molar-refractivity contribution in [1.82, 2.24) is 14.7 Å². The molecule has 0 bridgehead atoms. The summed E-state index contributed by atoms with van der Waals surface area (Å²) in [4.78, 5) is 42.8. The van der Waals surface area contributed by atoms with Crippen molar-refractivity contribution in [2.45, 2.75) is 70.6 Å². The number of aliphatic imine (C=N–C) groups is 2. The van der Waals surface area contributed by atoms with E-state index in [1.165, 1.54) is 11.1 Å². The van der Waals surface area contributed by atoms with Gasteiger partial charge in [-0.1, -0.05) is 44.9 Å². The van der Waals surface area contributed by atoms with E-state index in [1.54, 1.807) is 49.3 Å². The Morgan fingerprint density at radius 1 is 0.750 bits per heavy atom. The maximum absolute atomic E-state index is 13.7. The van der Waals surface area contributed by atoms with E-state index in [0.717, 1.165) is 37.1 Å². The van der Waals surface area contributed by atoms with Crippen LogP contribution < -0.4 is 23.7 Å². The summed E-state index contributed by atoms with van der Waals surface area (Å²) in [6.07, 6.45) is 11.5. The minimum atomic E-state index is -0.0826.